The molecule has 18 heteroatoms. The van der Waals surface area contributed by atoms with Crippen LogP contribution in [0.5, 0.6) is 0 Å². The Balaban J connectivity index is 4.72. The van der Waals surface area contributed by atoms with Crippen LogP contribution in [0.1, 0.15) is 239 Å². The summed E-state index contributed by atoms with van der Waals surface area (Å²) in [5, 5.41) is 20.5. The zero-order valence-electron chi connectivity index (χ0n) is 54.8. The molecule has 16 nitrogen and oxygen atoms in total. The van der Waals surface area contributed by atoms with Crippen LogP contribution in [0.4, 0.5) is 0 Å². The molecule has 5 unspecified atom stereocenters. The summed E-state index contributed by atoms with van der Waals surface area (Å²) in [4.78, 5) is 58.3. The van der Waals surface area contributed by atoms with E-state index in [9.17, 15) is 43.5 Å². The second-order valence-corrected chi connectivity index (χ2v) is 24.8. The predicted molar refractivity (Wildman–Crippen MR) is 362 cm³/mol. The lowest BCUT2D eigenvalue weighted by molar-refractivity contribution is -0.161. The van der Waals surface area contributed by atoms with E-state index in [4.69, 9.17) is 32.3 Å². The van der Waals surface area contributed by atoms with E-state index in [1.54, 1.807) is 0 Å². The Hall–Kier alpha value is -4.31. The van der Waals surface area contributed by atoms with Crippen molar-refractivity contribution < 1.29 is 75.8 Å². The quantitative estimate of drug-likeness (QED) is 0.0146. The number of phosphoric ester groups is 2. The lowest BCUT2D eigenvalue weighted by Crippen LogP contribution is -2.30. The molecule has 0 aromatic heterocycles. The van der Waals surface area contributed by atoms with E-state index in [1.807, 2.05) is 0 Å². The van der Waals surface area contributed by atoms with Gasteiger partial charge in [-0.3, -0.25) is 32.5 Å². The number of allylic oxidation sites excluding steroid dienone is 22. The molecule has 0 rings (SSSR count). The van der Waals surface area contributed by atoms with Gasteiger partial charge in [-0.05, 0) is 135 Å². The van der Waals surface area contributed by atoms with Crippen molar-refractivity contribution in [3.05, 3.63) is 134 Å². The number of carbonyl (C=O) groups is 3. The Morgan fingerprint density at radius 2 is 0.596 bits per heavy atom. The first-order chi connectivity index (χ1) is 43.2. The minimum atomic E-state index is -4.94. The monoisotopic (exact) mass is 1290 g/mol. The average molecular weight is 1290 g/mol. The number of hydrogen-bond acceptors (Lipinski definition) is 14. The smallest absolute Gasteiger partial charge is 0.463 e. The minimum Gasteiger partial charge on any atom is -0.463 e. The van der Waals surface area contributed by atoms with Crippen molar-refractivity contribution in [1.29, 1.82) is 0 Å². The number of aliphatic hydroxyl groups is 2. The summed E-state index contributed by atoms with van der Waals surface area (Å²) in [6.45, 7) is 2.31. The number of hydrogen-bond donors (Lipinski definition) is 4. The molecule has 0 aromatic carbocycles. The van der Waals surface area contributed by atoms with Gasteiger partial charge in [0.2, 0.25) is 0 Å². The average Bonchev–Trinajstić information content (AvgIpc) is 3.73. The minimum absolute atomic E-state index is 0.0744. The summed E-state index contributed by atoms with van der Waals surface area (Å²) in [6, 6.07) is 0. The van der Waals surface area contributed by atoms with Crippen molar-refractivity contribution in [3.8, 4) is 0 Å². The Morgan fingerprint density at radius 1 is 0.326 bits per heavy atom. The highest BCUT2D eigenvalue weighted by molar-refractivity contribution is 7.47. The van der Waals surface area contributed by atoms with Gasteiger partial charge in [0.15, 0.2) is 6.10 Å². The second kappa shape index (κ2) is 63.8. The number of aliphatic hydroxyl groups excluding tert-OH is 2. The van der Waals surface area contributed by atoms with Crippen LogP contribution in [0.15, 0.2) is 134 Å². The molecule has 0 aromatic rings. The van der Waals surface area contributed by atoms with Crippen molar-refractivity contribution >= 4 is 33.6 Å². The Morgan fingerprint density at radius 3 is 0.944 bits per heavy atom. The van der Waals surface area contributed by atoms with Gasteiger partial charge >= 0.3 is 33.6 Å². The lowest BCUT2D eigenvalue weighted by atomic mass is 10.1. The Bertz CT molecular complexity index is 2160. The molecule has 0 aliphatic rings. The van der Waals surface area contributed by atoms with Gasteiger partial charge in [-0.25, -0.2) is 9.13 Å². The number of phosphoric acid groups is 2. The van der Waals surface area contributed by atoms with E-state index >= 15 is 0 Å². The zero-order chi connectivity index (χ0) is 65.3. The highest BCUT2D eigenvalue weighted by Gasteiger charge is 2.29. The summed E-state index contributed by atoms with van der Waals surface area (Å²) < 4.78 is 60.8. The summed E-state index contributed by atoms with van der Waals surface area (Å²) in [5.74, 6) is -1.65. The topological polar surface area (TPSA) is 231 Å². The lowest BCUT2D eigenvalue weighted by Gasteiger charge is -2.21. The third-order valence-electron chi connectivity index (χ3n) is 13.3. The van der Waals surface area contributed by atoms with Crippen LogP contribution in [0.3, 0.4) is 0 Å². The molecule has 0 bridgehead atoms. The van der Waals surface area contributed by atoms with Crippen LogP contribution in [0.2, 0.25) is 0 Å². The maximum Gasteiger partial charge on any atom is 0.472 e. The Labute approximate surface area is 537 Å². The van der Waals surface area contributed by atoms with Gasteiger partial charge < -0.3 is 34.2 Å². The highest BCUT2D eigenvalue weighted by Crippen LogP contribution is 2.45. The molecule has 5 atom stereocenters. The van der Waals surface area contributed by atoms with E-state index in [1.165, 1.54) is 25.7 Å². The Kier molecular flexibility index (Phi) is 60.7. The molecule has 89 heavy (non-hydrogen) atoms. The number of ether oxygens (including phenoxy) is 3. The molecular formula is C71H118O16P2. The molecule has 0 aliphatic heterocycles. The van der Waals surface area contributed by atoms with Gasteiger partial charge in [0.05, 0.1) is 26.4 Å². The summed E-state index contributed by atoms with van der Waals surface area (Å²) in [7, 11) is -9.80. The van der Waals surface area contributed by atoms with Crippen molar-refractivity contribution in [3.63, 3.8) is 0 Å². The largest absolute Gasteiger partial charge is 0.472 e. The first-order valence-electron chi connectivity index (χ1n) is 33.5. The third kappa shape index (κ3) is 65.0. The predicted octanol–water partition coefficient (Wildman–Crippen LogP) is 18.4. The molecule has 4 N–H and O–H groups in total. The van der Waals surface area contributed by atoms with E-state index in [0.29, 0.717) is 19.3 Å². The third-order valence-corrected chi connectivity index (χ3v) is 15.2. The first kappa shape index (κ1) is 84.7. The van der Waals surface area contributed by atoms with Crippen LogP contribution < -0.4 is 0 Å². The molecular weight excluding hydrogens is 1170 g/mol. The summed E-state index contributed by atoms with van der Waals surface area (Å²) in [6.07, 6.45) is 73.6. The van der Waals surface area contributed by atoms with Crippen LogP contribution in [0, 0.1) is 0 Å². The highest BCUT2D eigenvalue weighted by atomic mass is 31.2. The molecule has 0 saturated heterocycles. The molecule has 508 valence electrons. The number of unbranched alkanes of at least 4 members (excludes halogenated alkanes) is 17. The van der Waals surface area contributed by atoms with Crippen molar-refractivity contribution in [2.75, 3.05) is 39.6 Å². The molecule has 0 radical (unpaired) electrons. The fourth-order valence-electron chi connectivity index (χ4n) is 8.26. The van der Waals surface area contributed by atoms with E-state index < -0.39 is 91.5 Å². The maximum atomic E-state index is 12.9. The molecule has 0 fully saturated rings. The summed E-state index contributed by atoms with van der Waals surface area (Å²) in [5.41, 5.74) is 0. The maximum absolute atomic E-state index is 12.9. The van der Waals surface area contributed by atoms with E-state index in [2.05, 4.69) is 154 Å². The van der Waals surface area contributed by atoms with E-state index in [-0.39, 0.29) is 19.3 Å². The fourth-order valence-corrected chi connectivity index (χ4v) is 9.85. The number of esters is 3. The summed E-state index contributed by atoms with van der Waals surface area (Å²) >= 11 is 0. The zero-order valence-corrected chi connectivity index (χ0v) is 56.6. The normalized spacial score (nSPS) is 15.1. The first-order valence-corrected chi connectivity index (χ1v) is 36.5. The van der Waals surface area contributed by atoms with Crippen molar-refractivity contribution in [2.45, 2.75) is 257 Å². The fraction of sp³-hybridized carbons (Fsp3) is 0.648. The van der Waals surface area contributed by atoms with Crippen LogP contribution in [0.25, 0.3) is 0 Å². The number of carbonyl (C=O) groups excluding carboxylic acids is 3. The van der Waals surface area contributed by atoms with Crippen molar-refractivity contribution in [2.24, 2.45) is 0 Å². The van der Waals surface area contributed by atoms with Crippen LogP contribution in [-0.4, -0.2) is 95.9 Å². The van der Waals surface area contributed by atoms with E-state index in [0.717, 1.165) is 154 Å². The SMILES string of the molecule is CC/C=C\C/C=C\C/C=C\C/C=C\CCCCCCC(=O)OCC(COP(=O)(O)OCC(O)COP(=O)(O)OCC(O)COC(=O)CCCCCCC/C=C\C/C=C\C/C=C\C/C=C\CCCCC)OC(=O)CCCCCCC/C=C\C/C=C\C/C=C\CC. The molecule has 0 heterocycles. The molecule has 0 amide bonds. The van der Waals surface area contributed by atoms with Crippen LogP contribution >= 0.6 is 15.6 Å². The second-order valence-electron chi connectivity index (χ2n) is 21.9. The van der Waals surface area contributed by atoms with Gasteiger partial charge in [-0.1, -0.05) is 219 Å². The molecule has 0 aliphatic carbocycles. The van der Waals surface area contributed by atoms with Gasteiger partial charge in [-0.2, -0.15) is 0 Å². The number of rotatable bonds is 62. The molecule has 0 saturated carbocycles. The van der Waals surface area contributed by atoms with Gasteiger partial charge in [0.25, 0.3) is 0 Å². The van der Waals surface area contributed by atoms with Gasteiger partial charge in [-0.15, -0.1) is 0 Å². The van der Waals surface area contributed by atoms with Crippen LogP contribution in [-0.2, 0) is 55.8 Å². The van der Waals surface area contributed by atoms with Crippen molar-refractivity contribution in [1.82, 2.24) is 0 Å². The van der Waals surface area contributed by atoms with Gasteiger partial charge in [0.1, 0.15) is 25.4 Å². The molecule has 0 spiro atoms. The van der Waals surface area contributed by atoms with Gasteiger partial charge in [0, 0.05) is 19.3 Å². The standard InChI is InChI=1S/C71H118O16P2/c1-4-7-10-13-16-19-22-25-28-30-31-32-33-35-38-39-42-45-48-51-54-57-69(74)81-60-66(72)61-83-88(77,78)84-62-67(73)63-85-89(79,80)86-65-68(87-71(76)59-56-53-50-47-44-41-36-27-24-21-18-15-12-9-6-3)64-82-70(75)58-55-52-49-46-43-40-37-34-29-26-23-20-17-14-11-8-5-2/h8-9,11-12,16-21,25-29,31-32,35-38,40,66-68,72-73H,4-7,10,13-15,22-24,30,33-34,39,41-65H2,1-3H3,(H,77,78)(H,79,80)/b11-8-,12-9-,19-16-,20-17-,21-18-,28-25-,29-26-,32-31-,36-27-,38-35-,40-37-.